The van der Waals surface area contributed by atoms with E-state index < -0.39 is 24.0 Å². The maximum Gasteiger partial charge on any atom is 0.326 e. The van der Waals surface area contributed by atoms with Gasteiger partial charge in [-0.3, -0.25) is 4.79 Å². The molecule has 2 unspecified atom stereocenters. The van der Waals surface area contributed by atoms with Crippen LogP contribution in [0.2, 0.25) is 0 Å². The molecule has 0 aromatic rings. The minimum absolute atomic E-state index is 0.162. The van der Waals surface area contributed by atoms with E-state index in [0.29, 0.717) is 13.0 Å². The molecule has 0 rings (SSSR count). The second-order valence-electron chi connectivity index (χ2n) is 4.12. The molecule has 0 radical (unpaired) electrons. The van der Waals surface area contributed by atoms with Gasteiger partial charge in [0.1, 0.15) is 6.04 Å². The average molecular weight is 276 g/mol. The highest BCUT2D eigenvalue weighted by molar-refractivity contribution is 5.83. The molecule has 0 heterocycles. The highest BCUT2D eigenvalue weighted by atomic mass is 16.5. The predicted octanol–water partition coefficient (Wildman–Crippen LogP) is 0.0286. The molecule has 0 aliphatic rings. The third kappa shape index (κ3) is 8.83. The van der Waals surface area contributed by atoms with E-state index in [4.69, 9.17) is 14.9 Å². The lowest BCUT2D eigenvalue weighted by atomic mass is 10.1. The number of ether oxygens (including phenoxy) is 1. The maximum absolute atomic E-state index is 11.5. The normalized spacial score (nSPS) is 13.4. The summed E-state index contributed by atoms with van der Waals surface area (Å²) in [6.45, 7) is 2.23. The number of hydrogen-bond donors (Lipinski definition) is 4. The number of aliphatic carboxylic acids is 2. The number of carbonyl (C=O) groups is 3. The monoisotopic (exact) mass is 276 g/mol. The molecule has 0 fully saturated rings. The van der Waals surface area contributed by atoms with E-state index in [2.05, 4.69) is 10.6 Å². The van der Waals surface area contributed by atoms with Crippen LogP contribution in [0.4, 0.5) is 4.79 Å². The Morgan fingerprint density at radius 3 is 2.26 bits per heavy atom. The Kier molecular flexibility index (Phi) is 8.27. The molecule has 110 valence electrons. The molecule has 0 saturated carbocycles. The Morgan fingerprint density at radius 1 is 1.16 bits per heavy atom. The van der Waals surface area contributed by atoms with Gasteiger partial charge in [-0.1, -0.05) is 0 Å². The zero-order valence-electron chi connectivity index (χ0n) is 11.0. The number of carboxylic acid groups (broad SMARTS) is 2. The SMILES string of the molecule is COCCC(C)NC(=O)NC(CCC(=O)O)C(=O)O. The van der Waals surface area contributed by atoms with E-state index in [-0.39, 0.29) is 18.9 Å². The van der Waals surface area contributed by atoms with Gasteiger partial charge >= 0.3 is 18.0 Å². The molecule has 0 aromatic heterocycles. The molecular formula is C11H20N2O6. The predicted molar refractivity (Wildman–Crippen MR) is 65.9 cm³/mol. The van der Waals surface area contributed by atoms with Crippen molar-refractivity contribution in [2.24, 2.45) is 0 Å². The summed E-state index contributed by atoms with van der Waals surface area (Å²) >= 11 is 0. The first kappa shape index (κ1) is 17.2. The number of amides is 2. The van der Waals surface area contributed by atoms with Gasteiger partial charge in [0.25, 0.3) is 0 Å². The van der Waals surface area contributed by atoms with Crippen LogP contribution >= 0.6 is 0 Å². The summed E-state index contributed by atoms with van der Waals surface area (Å²) in [5.74, 6) is -2.37. The van der Waals surface area contributed by atoms with Crippen molar-refractivity contribution in [3.63, 3.8) is 0 Å². The first-order valence-corrected chi connectivity index (χ1v) is 5.87. The molecule has 0 bridgehead atoms. The molecule has 0 aliphatic heterocycles. The molecule has 4 N–H and O–H groups in total. The first-order chi connectivity index (χ1) is 8.86. The van der Waals surface area contributed by atoms with Gasteiger partial charge in [-0.25, -0.2) is 9.59 Å². The van der Waals surface area contributed by atoms with Crippen LogP contribution in [0, 0.1) is 0 Å². The van der Waals surface area contributed by atoms with Crippen molar-refractivity contribution < 1.29 is 29.3 Å². The Bertz CT molecular complexity index is 320. The molecule has 0 spiro atoms. The van der Waals surface area contributed by atoms with Crippen LogP contribution in [0.15, 0.2) is 0 Å². The van der Waals surface area contributed by atoms with Crippen LogP contribution in [0.25, 0.3) is 0 Å². The first-order valence-electron chi connectivity index (χ1n) is 5.87. The van der Waals surface area contributed by atoms with Gasteiger partial charge in [-0.2, -0.15) is 0 Å². The molecule has 8 heteroatoms. The van der Waals surface area contributed by atoms with Gasteiger partial charge in [-0.05, 0) is 19.8 Å². The molecule has 2 amide bonds. The molecule has 8 nitrogen and oxygen atoms in total. The quantitative estimate of drug-likeness (QED) is 0.471. The van der Waals surface area contributed by atoms with Crippen molar-refractivity contribution in [2.75, 3.05) is 13.7 Å². The largest absolute Gasteiger partial charge is 0.481 e. The number of carbonyl (C=O) groups excluding carboxylic acids is 1. The van der Waals surface area contributed by atoms with Crippen molar-refractivity contribution in [1.29, 1.82) is 0 Å². The highest BCUT2D eigenvalue weighted by Crippen LogP contribution is 1.98. The summed E-state index contributed by atoms with van der Waals surface area (Å²) in [5.41, 5.74) is 0. The van der Waals surface area contributed by atoms with Crippen molar-refractivity contribution in [3.8, 4) is 0 Å². The van der Waals surface area contributed by atoms with Crippen LogP contribution in [0.5, 0.6) is 0 Å². The van der Waals surface area contributed by atoms with Gasteiger partial charge < -0.3 is 25.6 Å². The van der Waals surface area contributed by atoms with E-state index in [1.807, 2.05) is 0 Å². The molecule has 2 atom stereocenters. The van der Waals surface area contributed by atoms with E-state index in [1.54, 1.807) is 14.0 Å². The minimum atomic E-state index is -1.26. The number of nitrogens with one attached hydrogen (secondary N) is 2. The fraction of sp³-hybridized carbons (Fsp3) is 0.727. The molecule has 0 aliphatic carbocycles. The lowest BCUT2D eigenvalue weighted by Crippen LogP contribution is -2.48. The average Bonchev–Trinajstić information content (AvgIpc) is 2.31. The summed E-state index contributed by atoms with van der Waals surface area (Å²) in [6, 6.07) is -2.03. The molecule has 19 heavy (non-hydrogen) atoms. The second kappa shape index (κ2) is 9.15. The van der Waals surface area contributed by atoms with Gasteiger partial charge in [0.05, 0.1) is 0 Å². The van der Waals surface area contributed by atoms with Crippen LogP contribution in [0.3, 0.4) is 0 Å². The van der Waals surface area contributed by atoms with Gasteiger partial charge in [0.15, 0.2) is 0 Å². The van der Waals surface area contributed by atoms with Gasteiger partial charge in [-0.15, -0.1) is 0 Å². The van der Waals surface area contributed by atoms with Crippen molar-refractivity contribution in [2.45, 2.75) is 38.3 Å². The van der Waals surface area contributed by atoms with E-state index in [0.717, 1.165) is 0 Å². The number of carboxylic acids is 2. The smallest absolute Gasteiger partial charge is 0.326 e. The maximum atomic E-state index is 11.5. The lowest BCUT2D eigenvalue weighted by molar-refractivity contribution is -0.140. The van der Waals surface area contributed by atoms with Crippen LogP contribution in [0.1, 0.15) is 26.2 Å². The topological polar surface area (TPSA) is 125 Å². The Labute approximate surface area is 111 Å². The Morgan fingerprint density at radius 2 is 1.79 bits per heavy atom. The van der Waals surface area contributed by atoms with Crippen LogP contribution < -0.4 is 10.6 Å². The van der Waals surface area contributed by atoms with Crippen LogP contribution in [-0.2, 0) is 14.3 Å². The summed E-state index contributed by atoms with van der Waals surface area (Å²) < 4.78 is 4.85. The minimum Gasteiger partial charge on any atom is -0.481 e. The summed E-state index contributed by atoms with van der Waals surface area (Å²) in [5, 5.41) is 22.1. The number of rotatable bonds is 9. The lowest BCUT2D eigenvalue weighted by Gasteiger charge is -2.17. The highest BCUT2D eigenvalue weighted by Gasteiger charge is 2.21. The van der Waals surface area contributed by atoms with Crippen molar-refractivity contribution in [3.05, 3.63) is 0 Å². The standard InChI is InChI=1S/C11H20N2O6/c1-7(5-6-19-2)12-11(18)13-8(10(16)17)3-4-9(14)15/h7-8H,3-6H2,1-2H3,(H,14,15)(H,16,17)(H2,12,13,18). The zero-order valence-corrected chi connectivity index (χ0v) is 11.0. The van der Waals surface area contributed by atoms with E-state index in [1.165, 1.54) is 0 Å². The Balaban J connectivity index is 4.16. The summed E-state index contributed by atoms with van der Waals surface area (Å²) in [6.07, 6.45) is 0.109. The molecule has 0 saturated heterocycles. The molecular weight excluding hydrogens is 256 g/mol. The van der Waals surface area contributed by atoms with Crippen molar-refractivity contribution >= 4 is 18.0 Å². The number of methoxy groups -OCH3 is 1. The zero-order chi connectivity index (χ0) is 14.8. The third-order valence-corrected chi connectivity index (χ3v) is 2.38. The fourth-order valence-electron chi connectivity index (χ4n) is 1.32. The van der Waals surface area contributed by atoms with Gasteiger partial charge in [0.2, 0.25) is 0 Å². The van der Waals surface area contributed by atoms with E-state index >= 15 is 0 Å². The number of urea groups is 1. The second-order valence-corrected chi connectivity index (χ2v) is 4.12. The van der Waals surface area contributed by atoms with Crippen LogP contribution in [-0.4, -0.2) is 54.0 Å². The summed E-state index contributed by atoms with van der Waals surface area (Å²) in [7, 11) is 1.54. The fourth-order valence-corrected chi connectivity index (χ4v) is 1.32. The van der Waals surface area contributed by atoms with Gasteiger partial charge in [0, 0.05) is 26.2 Å². The van der Waals surface area contributed by atoms with Crippen molar-refractivity contribution in [1.82, 2.24) is 10.6 Å². The summed E-state index contributed by atoms with van der Waals surface area (Å²) in [4.78, 5) is 32.7. The number of hydrogen-bond acceptors (Lipinski definition) is 4. The Hall–Kier alpha value is -1.83. The third-order valence-electron chi connectivity index (χ3n) is 2.38. The van der Waals surface area contributed by atoms with E-state index in [9.17, 15) is 14.4 Å². The molecule has 0 aromatic carbocycles.